The first kappa shape index (κ1) is 23.3. The second-order valence-corrected chi connectivity index (χ2v) is 10.2. The molecule has 3 aromatic rings. The lowest BCUT2D eigenvalue weighted by Gasteiger charge is -2.13. The van der Waals surface area contributed by atoms with Gasteiger partial charge < -0.3 is 4.57 Å². The van der Waals surface area contributed by atoms with Gasteiger partial charge in [-0.2, -0.15) is 0 Å². The molecule has 0 saturated carbocycles. The van der Waals surface area contributed by atoms with E-state index in [1.165, 1.54) is 29.7 Å². The molecular weight excluding hydrogens is 550 g/mol. The van der Waals surface area contributed by atoms with Gasteiger partial charge >= 0.3 is 0 Å². The number of sulfonamides is 1. The molecule has 0 bridgehead atoms. The highest BCUT2D eigenvalue weighted by atomic mass is 79.9. The van der Waals surface area contributed by atoms with Gasteiger partial charge in [0, 0.05) is 36.6 Å². The highest BCUT2D eigenvalue weighted by Crippen LogP contribution is 2.31. The molecule has 0 aliphatic rings. The van der Waals surface area contributed by atoms with E-state index in [1.54, 1.807) is 24.3 Å². The molecular formula is C18H18Br2ClN3O2S2. The van der Waals surface area contributed by atoms with Crippen LogP contribution in [0, 0.1) is 0 Å². The number of para-hydroxylation sites is 1. The predicted molar refractivity (Wildman–Crippen MR) is 124 cm³/mol. The van der Waals surface area contributed by atoms with Crippen LogP contribution >= 0.6 is 55.8 Å². The molecule has 2 aromatic carbocycles. The summed E-state index contributed by atoms with van der Waals surface area (Å²) in [5.41, 5.74) is 2.32. The number of halogens is 3. The Hall–Kier alpha value is -0.970. The van der Waals surface area contributed by atoms with Crippen molar-refractivity contribution in [1.29, 1.82) is 0 Å². The minimum absolute atomic E-state index is 0. The molecule has 1 heterocycles. The summed E-state index contributed by atoms with van der Waals surface area (Å²) in [5.74, 6) is 0. The van der Waals surface area contributed by atoms with Crippen molar-refractivity contribution >= 4 is 71.6 Å². The minimum atomic E-state index is -3.52. The molecule has 0 unspecified atom stereocenters. The number of aromatic nitrogens is 1. The summed E-state index contributed by atoms with van der Waals surface area (Å²) in [7, 11) is 1.40. The molecule has 0 amide bonds. The number of rotatable bonds is 4. The Morgan fingerprint density at radius 2 is 1.86 bits per heavy atom. The molecule has 0 spiro atoms. The average Bonchev–Trinajstić information content (AvgIpc) is 2.97. The van der Waals surface area contributed by atoms with Gasteiger partial charge in [-0.15, -0.1) is 28.3 Å². The van der Waals surface area contributed by atoms with Crippen molar-refractivity contribution in [1.82, 2.24) is 8.87 Å². The number of hydrogen-bond acceptors (Lipinski definition) is 4. The van der Waals surface area contributed by atoms with Crippen LogP contribution < -0.4 is 4.80 Å². The molecule has 0 atom stereocenters. The Labute approximate surface area is 192 Å². The zero-order chi connectivity index (χ0) is 19.8. The summed E-state index contributed by atoms with van der Waals surface area (Å²) in [6, 6.07) is 12.4. The molecule has 0 aliphatic heterocycles. The number of nitrogens with zero attached hydrogens (tertiary/aromatic N) is 3. The maximum atomic E-state index is 12.5. The second-order valence-electron chi connectivity index (χ2n) is 5.95. The topological polar surface area (TPSA) is 54.7 Å². The van der Waals surface area contributed by atoms with Gasteiger partial charge in [0.2, 0.25) is 10.0 Å². The Bertz CT molecular complexity index is 1170. The molecule has 0 fully saturated rings. The number of thiazole rings is 1. The van der Waals surface area contributed by atoms with Crippen molar-refractivity contribution in [3.63, 3.8) is 0 Å². The van der Waals surface area contributed by atoms with E-state index in [9.17, 15) is 8.42 Å². The predicted octanol–water partition coefficient (Wildman–Crippen LogP) is 5.23. The molecule has 0 saturated heterocycles. The van der Waals surface area contributed by atoms with Gasteiger partial charge in [0.1, 0.15) is 0 Å². The summed E-state index contributed by atoms with van der Waals surface area (Å²) in [5, 5.41) is 2.52. The van der Waals surface area contributed by atoms with Crippen LogP contribution in [0.15, 0.2) is 62.2 Å². The van der Waals surface area contributed by atoms with Crippen LogP contribution in [0.25, 0.3) is 11.3 Å². The van der Waals surface area contributed by atoms with Crippen molar-refractivity contribution in [3.05, 3.63) is 62.1 Å². The lowest BCUT2D eigenvalue weighted by molar-refractivity contribution is 0.521. The molecule has 0 radical (unpaired) electrons. The van der Waals surface area contributed by atoms with Crippen molar-refractivity contribution in [2.75, 3.05) is 14.1 Å². The van der Waals surface area contributed by atoms with Crippen molar-refractivity contribution in [2.24, 2.45) is 12.0 Å². The molecule has 10 heteroatoms. The molecule has 0 aliphatic carbocycles. The Kier molecular flexibility index (Phi) is 7.69. The van der Waals surface area contributed by atoms with Crippen molar-refractivity contribution in [3.8, 4) is 11.3 Å². The zero-order valence-electron chi connectivity index (χ0n) is 15.3. The normalized spacial score (nSPS) is 12.3. The lowest BCUT2D eigenvalue weighted by atomic mass is 10.2. The smallest absolute Gasteiger partial charge is 0.242 e. The van der Waals surface area contributed by atoms with E-state index >= 15 is 0 Å². The summed E-state index contributed by atoms with van der Waals surface area (Å²) in [6.45, 7) is 0. The fourth-order valence-corrected chi connectivity index (χ4v) is 4.90. The zero-order valence-corrected chi connectivity index (χ0v) is 20.9. The standard InChI is InChI=1S/C18H17BrClN3O2S2.BrH/c1-22(2)27(24,25)12-8-9-14(19)13(10-12)17-11-26-18(23(17)3)21-16-7-5-4-6-15(16)20;/h4-11H,1-3H3;1H. The van der Waals surface area contributed by atoms with E-state index in [0.717, 1.165) is 20.5 Å². The van der Waals surface area contributed by atoms with Crippen LogP contribution in [-0.4, -0.2) is 31.4 Å². The molecule has 1 aromatic heterocycles. The molecule has 150 valence electrons. The monoisotopic (exact) mass is 565 g/mol. The van der Waals surface area contributed by atoms with Gasteiger partial charge in [0.25, 0.3) is 0 Å². The van der Waals surface area contributed by atoms with Crippen LogP contribution in [0.1, 0.15) is 0 Å². The second kappa shape index (κ2) is 9.23. The summed E-state index contributed by atoms with van der Waals surface area (Å²) < 4.78 is 28.9. The highest BCUT2D eigenvalue weighted by molar-refractivity contribution is 9.10. The number of hydrogen-bond donors (Lipinski definition) is 0. The van der Waals surface area contributed by atoms with Crippen LogP contribution in [0.4, 0.5) is 5.69 Å². The van der Waals surface area contributed by atoms with Gasteiger partial charge in [-0.25, -0.2) is 17.7 Å². The van der Waals surface area contributed by atoms with Crippen LogP contribution in [0.3, 0.4) is 0 Å². The summed E-state index contributed by atoms with van der Waals surface area (Å²) in [4.78, 5) is 5.62. The average molecular weight is 568 g/mol. The fraction of sp³-hybridized carbons (Fsp3) is 0.167. The first-order valence-corrected chi connectivity index (χ1v) is 11.4. The Morgan fingerprint density at radius 1 is 1.18 bits per heavy atom. The van der Waals surface area contributed by atoms with E-state index in [-0.39, 0.29) is 21.9 Å². The lowest BCUT2D eigenvalue weighted by Crippen LogP contribution is -2.22. The molecule has 3 rings (SSSR count). The van der Waals surface area contributed by atoms with Crippen LogP contribution in [0.5, 0.6) is 0 Å². The summed E-state index contributed by atoms with van der Waals surface area (Å²) in [6.07, 6.45) is 0. The number of benzene rings is 2. The van der Waals surface area contributed by atoms with Gasteiger partial charge in [-0.05, 0) is 30.3 Å². The third kappa shape index (κ3) is 4.60. The quantitative estimate of drug-likeness (QED) is 0.434. The third-order valence-electron chi connectivity index (χ3n) is 3.99. The Morgan fingerprint density at radius 3 is 2.50 bits per heavy atom. The van der Waals surface area contributed by atoms with Gasteiger partial charge in [-0.1, -0.05) is 39.7 Å². The SMILES string of the molecule is Br.CN(C)S(=O)(=O)c1ccc(Br)c(-c2csc(=Nc3ccccc3Cl)n2C)c1. The van der Waals surface area contributed by atoms with E-state index < -0.39 is 10.0 Å². The maximum Gasteiger partial charge on any atom is 0.242 e. The van der Waals surface area contributed by atoms with E-state index in [2.05, 4.69) is 20.9 Å². The first-order valence-electron chi connectivity index (χ1n) is 7.88. The Balaban J connectivity index is 0.00000280. The van der Waals surface area contributed by atoms with E-state index in [0.29, 0.717) is 10.7 Å². The van der Waals surface area contributed by atoms with Crippen LogP contribution in [-0.2, 0) is 17.1 Å². The van der Waals surface area contributed by atoms with Crippen molar-refractivity contribution in [2.45, 2.75) is 4.90 Å². The molecule has 0 N–H and O–H groups in total. The highest BCUT2D eigenvalue weighted by Gasteiger charge is 2.20. The van der Waals surface area contributed by atoms with Gasteiger partial charge in [-0.3, -0.25) is 0 Å². The molecule has 5 nitrogen and oxygen atoms in total. The van der Waals surface area contributed by atoms with Crippen LogP contribution in [0.2, 0.25) is 5.02 Å². The van der Waals surface area contributed by atoms with E-state index in [4.69, 9.17) is 11.6 Å². The van der Waals surface area contributed by atoms with Gasteiger partial charge in [0.15, 0.2) is 4.80 Å². The fourth-order valence-electron chi connectivity index (χ4n) is 2.43. The van der Waals surface area contributed by atoms with Crippen molar-refractivity contribution < 1.29 is 8.42 Å². The van der Waals surface area contributed by atoms with E-state index in [1.807, 2.05) is 35.2 Å². The van der Waals surface area contributed by atoms with Gasteiger partial charge in [0.05, 0.1) is 21.3 Å². The largest absolute Gasteiger partial charge is 0.320 e. The first-order chi connectivity index (χ1) is 12.7. The summed E-state index contributed by atoms with van der Waals surface area (Å²) >= 11 is 11.2. The maximum absolute atomic E-state index is 12.5. The third-order valence-corrected chi connectivity index (χ3v) is 7.72. The molecule has 28 heavy (non-hydrogen) atoms. The minimum Gasteiger partial charge on any atom is -0.320 e.